The third-order valence-corrected chi connectivity index (χ3v) is 6.04. The van der Waals surface area contributed by atoms with Gasteiger partial charge in [0.25, 0.3) is 0 Å². The molecular formula is C22H26N2O. The lowest BCUT2D eigenvalue weighted by atomic mass is 9.61. The standard InChI is InChI=1S/C22H26N2O/c25-21(14-8-13-20-12-5-7-16-23-20)24-17-19-11-4-6-15-22(19,24)18-9-2-1-3-10-18/h1-3,5,7,9-10,12,16,19H,4,6,8,11,13-15,17H2/t19-,22-/m1/s1. The Labute approximate surface area is 150 Å². The number of aryl methyl sites for hydroxylation is 1. The van der Waals surface area contributed by atoms with E-state index >= 15 is 0 Å². The van der Waals surface area contributed by atoms with Gasteiger partial charge in [0.2, 0.25) is 5.91 Å². The van der Waals surface area contributed by atoms with E-state index in [1.54, 1.807) is 0 Å². The van der Waals surface area contributed by atoms with Gasteiger partial charge in [-0.25, -0.2) is 0 Å². The molecule has 2 atom stereocenters. The lowest BCUT2D eigenvalue weighted by molar-refractivity contribution is -0.166. The Morgan fingerprint density at radius 1 is 1.12 bits per heavy atom. The van der Waals surface area contributed by atoms with Crippen molar-refractivity contribution >= 4 is 5.91 Å². The molecule has 0 spiro atoms. The Balaban J connectivity index is 1.45. The van der Waals surface area contributed by atoms with E-state index in [4.69, 9.17) is 0 Å². The van der Waals surface area contributed by atoms with Crippen molar-refractivity contribution in [2.45, 2.75) is 50.5 Å². The maximum atomic E-state index is 13.0. The predicted octanol–water partition coefficient (Wildman–Crippen LogP) is 4.33. The summed E-state index contributed by atoms with van der Waals surface area (Å²) >= 11 is 0. The highest BCUT2D eigenvalue weighted by Gasteiger charge is 2.56. The second kappa shape index (κ2) is 6.99. The molecule has 2 heterocycles. The highest BCUT2D eigenvalue weighted by Crippen LogP contribution is 2.53. The first-order valence-corrected chi connectivity index (χ1v) is 9.56. The van der Waals surface area contributed by atoms with Gasteiger partial charge in [0, 0.05) is 30.8 Å². The number of benzene rings is 1. The van der Waals surface area contributed by atoms with Crippen molar-refractivity contribution < 1.29 is 4.79 Å². The molecule has 0 N–H and O–H groups in total. The summed E-state index contributed by atoms with van der Waals surface area (Å²) in [7, 11) is 0. The largest absolute Gasteiger partial charge is 0.332 e. The van der Waals surface area contributed by atoms with E-state index in [0.717, 1.165) is 31.5 Å². The quantitative estimate of drug-likeness (QED) is 0.815. The van der Waals surface area contributed by atoms with Crippen molar-refractivity contribution in [3.05, 3.63) is 66.0 Å². The predicted molar refractivity (Wildman–Crippen MR) is 99.0 cm³/mol. The highest BCUT2D eigenvalue weighted by molar-refractivity contribution is 5.78. The van der Waals surface area contributed by atoms with Gasteiger partial charge < -0.3 is 4.90 Å². The second-order valence-corrected chi connectivity index (χ2v) is 7.41. The molecule has 2 fully saturated rings. The number of hydrogen-bond donors (Lipinski definition) is 0. The Morgan fingerprint density at radius 3 is 2.72 bits per heavy atom. The summed E-state index contributed by atoms with van der Waals surface area (Å²) in [6.45, 7) is 0.942. The van der Waals surface area contributed by atoms with Crippen LogP contribution in [0.2, 0.25) is 0 Å². The van der Waals surface area contributed by atoms with Gasteiger partial charge in [-0.3, -0.25) is 9.78 Å². The summed E-state index contributed by atoms with van der Waals surface area (Å²) in [4.78, 5) is 19.5. The summed E-state index contributed by atoms with van der Waals surface area (Å²) in [6, 6.07) is 16.7. The summed E-state index contributed by atoms with van der Waals surface area (Å²) in [5.74, 6) is 0.960. The van der Waals surface area contributed by atoms with Gasteiger partial charge in [-0.05, 0) is 43.4 Å². The number of hydrogen-bond acceptors (Lipinski definition) is 2. The number of pyridine rings is 1. The third-order valence-electron chi connectivity index (χ3n) is 6.04. The van der Waals surface area contributed by atoms with Gasteiger partial charge in [-0.1, -0.05) is 49.2 Å². The molecule has 1 saturated heterocycles. The minimum absolute atomic E-state index is 0.0262. The van der Waals surface area contributed by atoms with Crippen LogP contribution in [-0.2, 0) is 16.8 Å². The number of aromatic nitrogens is 1. The summed E-state index contributed by atoms with van der Waals surface area (Å²) < 4.78 is 0. The molecule has 130 valence electrons. The first-order valence-electron chi connectivity index (χ1n) is 9.56. The summed E-state index contributed by atoms with van der Waals surface area (Å²) in [5, 5.41) is 0. The van der Waals surface area contributed by atoms with Crippen LogP contribution in [0.1, 0.15) is 49.8 Å². The normalized spacial score (nSPS) is 25.1. The zero-order chi connectivity index (χ0) is 17.1. The Hall–Kier alpha value is -2.16. The van der Waals surface area contributed by atoms with Crippen molar-refractivity contribution in [3.63, 3.8) is 0 Å². The van der Waals surface area contributed by atoms with E-state index in [-0.39, 0.29) is 5.54 Å². The number of nitrogens with zero attached hydrogens (tertiary/aromatic N) is 2. The molecule has 1 aliphatic carbocycles. The Kier molecular flexibility index (Phi) is 4.56. The van der Waals surface area contributed by atoms with Crippen LogP contribution < -0.4 is 0 Å². The van der Waals surface area contributed by atoms with Gasteiger partial charge in [-0.2, -0.15) is 0 Å². The number of carbonyl (C=O) groups excluding carboxylic acids is 1. The fourth-order valence-corrected chi connectivity index (χ4v) is 4.79. The zero-order valence-corrected chi connectivity index (χ0v) is 14.7. The Morgan fingerprint density at radius 2 is 1.96 bits per heavy atom. The summed E-state index contributed by atoms with van der Waals surface area (Å²) in [6.07, 6.45) is 9.11. The van der Waals surface area contributed by atoms with Crippen LogP contribution in [0.15, 0.2) is 54.7 Å². The zero-order valence-electron chi connectivity index (χ0n) is 14.7. The maximum absolute atomic E-state index is 13.0. The van der Waals surface area contributed by atoms with E-state index < -0.39 is 0 Å². The van der Waals surface area contributed by atoms with Gasteiger partial charge in [0.15, 0.2) is 0 Å². The number of likely N-dealkylation sites (tertiary alicyclic amines) is 1. The van der Waals surface area contributed by atoms with Crippen molar-refractivity contribution in [1.29, 1.82) is 0 Å². The number of rotatable bonds is 5. The fraction of sp³-hybridized carbons (Fsp3) is 0.455. The van der Waals surface area contributed by atoms with Crippen LogP contribution in [0.5, 0.6) is 0 Å². The van der Waals surface area contributed by atoms with Gasteiger partial charge in [0.1, 0.15) is 0 Å². The maximum Gasteiger partial charge on any atom is 0.223 e. The van der Waals surface area contributed by atoms with Crippen LogP contribution in [0, 0.1) is 5.92 Å². The SMILES string of the molecule is O=C(CCCc1ccccn1)N1C[C@H]2CCCC[C@@]21c1ccccc1. The van der Waals surface area contributed by atoms with Crippen LogP contribution in [0.25, 0.3) is 0 Å². The van der Waals surface area contributed by atoms with Crippen molar-refractivity contribution in [1.82, 2.24) is 9.88 Å². The molecule has 1 aromatic carbocycles. The van der Waals surface area contributed by atoms with Crippen molar-refractivity contribution in [2.75, 3.05) is 6.54 Å². The molecular weight excluding hydrogens is 308 g/mol. The van der Waals surface area contributed by atoms with E-state index in [1.165, 1.54) is 24.8 Å². The van der Waals surface area contributed by atoms with E-state index in [9.17, 15) is 4.79 Å². The third kappa shape index (κ3) is 2.97. The topological polar surface area (TPSA) is 33.2 Å². The van der Waals surface area contributed by atoms with Gasteiger partial charge in [0.05, 0.1) is 5.54 Å². The second-order valence-electron chi connectivity index (χ2n) is 7.41. The molecule has 1 saturated carbocycles. The molecule has 0 bridgehead atoms. The molecule has 1 amide bonds. The molecule has 2 aliphatic rings. The molecule has 1 aliphatic heterocycles. The molecule has 4 rings (SSSR count). The average molecular weight is 334 g/mol. The van der Waals surface area contributed by atoms with Crippen LogP contribution in [-0.4, -0.2) is 22.3 Å². The molecule has 3 heteroatoms. The van der Waals surface area contributed by atoms with E-state index in [0.29, 0.717) is 18.2 Å². The minimum Gasteiger partial charge on any atom is -0.332 e. The molecule has 0 unspecified atom stereocenters. The molecule has 25 heavy (non-hydrogen) atoms. The lowest BCUT2D eigenvalue weighted by Gasteiger charge is -2.61. The van der Waals surface area contributed by atoms with E-state index in [1.807, 2.05) is 24.4 Å². The minimum atomic E-state index is -0.0262. The van der Waals surface area contributed by atoms with Gasteiger partial charge in [-0.15, -0.1) is 0 Å². The molecule has 1 aromatic heterocycles. The molecule has 2 aromatic rings. The first-order chi connectivity index (χ1) is 12.3. The molecule has 3 nitrogen and oxygen atoms in total. The smallest absolute Gasteiger partial charge is 0.223 e. The first kappa shape index (κ1) is 16.3. The number of fused-ring (bicyclic) bond motifs is 1. The highest BCUT2D eigenvalue weighted by atomic mass is 16.2. The van der Waals surface area contributed by atoms with E-state index in [2.05, 4.69) is 40.2 Å². The Bertz CT molecular complexity index is 715. The van der Waals surface area contributed by atoms with Gasteiger partial charge >= 0.3 is 0 Å². The van der Waals surface area contributed by atoms with Crippen molar-refractivity contribution in [2.24, 2.45) is 5.92 Å². The van der Waals surface area contributed by atoms with Crippen molar-refractivity contribution in [3.8, 4) is 0 Å². The number of carbonyl (C=O) groups is 1. The fourth-order valence-electron chi connectivity index (χ4n) is 4.79. The van der Waals surface area contributed by atoms with Crippen LogP contribution in [0.3, 0.4) is 0 Å². The monoisotopic (exact) mass is 334 g/mol. The van der Waals surface area contributed by atoms with Crippen LogP contribution >= 0.6 is 0 Å². The number of amides is 1. The van der Waals surface area contributed by atoms with Crippen LogP contribution in [0.4, 0.5) is 0 Å². The summed E-state index contributed by atoms with van der Waals surface area (Å²) in [5.41, 5.74) is 2.39. The molecule has 0 radical (unpaired) electrons. The average Bonchev–Trinajstić information content (AvgIpc) is 2.64. The lowest BCUT2D eigenvalue weighted by Crippen LogP contribution is -2.67.